The second kappa shape index (κ2) is 4.01. The first-order chi connectivity index (χ1) is 5.77. The molecule has 1 aromatic heterocycles. The fourth-order valence-electron chi connectivity index (χ4n) is 0.822. The second-order valence-electron chi connectivity index (χ2n) is 2.51. The zero-order chi connectivity index (χ0) is 8.97. The monoisotopic (exact) mass is 167 g/mol. The first kappa shape index (κ1) is 8.93. The Kier molecular flexibility index (Phi) is 2.99. The minimum Gasteiger partial charge on any atom is -0.467 e. The average Bonchev–Trinajstić information content (AvgIpc) is 2.17. The van der Waals surface area contributed by atoms with Crippen molar-refractivity contribution in [3.05, 3.63) is 18.0 Å². The van der Waals surface area contributed by atoms with Crippen molar-refractivity contribution in [2.24, 2.45) is 0 Å². The SMILES string of the molecule is CNC(C)c1cnc(OC)nc1. The van der Waals surface area contributed by atoms with Crippen LogP contribution in [0.25, 0.3) is 0 Å². The van der Waals surface area contributed by atoms with Gasteiger partial charge < -0.3 is 10.1 Å². The van der Waals surface area contributed by atoms with E-state index in [9.17, 15) is 0 Å². The van der Waals surface area contributed by atoms with E-state index in [4.69, 9.17) is 4.74 Å². The molecule has 12 heavy (non-hydrogen) atoms. The summed E-state index contributed by atoms with van der Waals surface area (Å²) in [5.41, 5.74) is 1.05. The highest BCUT2D eigenvalue weighted by Gasteiger charge is 2.02. The number of nitrogens with zero attached hydrogens (tertiary/aromatic N) is 2. The number of nitrogens with one attached hydrogen (secondary N) is 1. The van der Waals surface area contributed by atoms with Crippen LogP contribution >= 0.6 is 0 Å². The highest BCUT2D eigenvalue weighted by molar-refractivity contribution is 5.11. The van der Waals surface area contributed by atoms with Crippen molar-refractivity contribution < 1.29 is 4.74 Å². The maximum Gasteiger partial charge on any atom is 0.316 e. The van der Waals surface area contributed by atoms with Crippen molar-refractivity contribution in [1.82, 2.24) is 15.3 Å². The van der Waals surface area contributed by atoms with Gasteiger partial charge in [0, 0.05) is 24.0 Å². The van der Waals surface area contributed by atoms with E-state index in [0.717, 1.165) is 5.56 Å². The van der Waals surface area contributed by atoms with Gasteiger partial charge in [0.2, 0.25) is 0 Å². The molecule has 1 unspecified atom stereocenters. The molecule has 4 nitrogen and oxygen atoms in total. The first-order valence-corrected chi connectivity index (χ1v) is 3.81. The second-order valence-corrected chi connectivity index (χ2v) is 2.51. The highest BCUT2D eigenvalue weighted by Crippen LogP contribution is 2.10. The van der Waals surface area contributed by atoms with Gasteiger partial charge in [-0.25, -0.2) is 9.97 Å². The summed E-state index contributed by atoms with van der Waals surface area (Å²) in [5, 5.41) is 3.10. The van der Waals surface area contributed by atoms with E-state index in [1.54, 1.807) is 19.5 Å². The van der Waals surface area contributed by atoms with Crippen LogP contribution in [-0.4, -0.2) is 24.1 Å². The fraction of sp³-hybridized carbons (Fsp3) is 0.500. The number of hydrogen-bond donors (Lipinski definition) is 1. The predicted molar refractivity (Wildman–Crippen MR) is 46.1 cm³/mol. The molecule has 1 rings (SSSR count). The van der Waals surface area contributed by atoms with Gasteiger partial charge in [-0.3, -0.25) is 0 Å². The zero-order valence-corrected chi connectivity index (χ0v) is 7.53. The van der Waals surface area contributed by atoms with E-state index in [-0.39, 0.29) is 6.04 Å². The van der Waals surface area contributed by atoms with Gasteiger partial charge >= 0.3 is 6.01 Å². The molecule has 66 valence electrons. The van der Waals surface area contributed by atoms with Crippen molar-refractivity contribution >= 4 is 0 Å². The van der Waals surface area contributed by atoms with E-state index < -0.39 is 0 Å². The summed E-state index contributed by atoms with van der Waals surface area (Å²) in [5.74, 6) is 0. The smallest absolute Gasteiger partial charge is 0.316 e. The quantitative estimate of drug-likeness (QED) is 0.722. The lowest BCUT2D eigenvalue weighted by Gasteiger charge is -2.08. The van der Waals surface area contributed by atoms with Crippen molar-refractivity contribution in [3.63, 3.8) is 0 Å². The van der Waals surface area contributed by atoms with Crippen LogP contribution in [-0.2, 0) is 0 Å². The van der Waals surface area contributed by atoms with Crippen molar-refractivity contribution in [1.29, 1.82) is 0 Å². The zero-order valence-electron chi connectivity index (χ0n) is 7.53. The number of ether oxygens (including phenoxy) is 1. The maximum atomic E-state index is 4.84. The number of methoxy groups -OCH3 is 1. The molecule has 4 heteroatoms. The van der Waals surface area contributed by atoms with Gasteiger partial charge in [-0.1, -0.05) is 0 Å². The van der Waals surface area contributed by atoms with Crippen LogP contribution in [0.4, 0.5) is 0 Å². The topological polar surface area (TPSA) is 47.0 Å². The molecule has 0 spiro atoms. The Morgan fingerprint density at radius 3 is 2.42 bits per heavy atom. The molecule has 0 aliphatic heterocycles. The lowest BCUT2D eigenvalue weighted by molar-refractivity contribution is 0.378. The van der Waals surface area contributed by atoms with E-state index in [0.29, 0.717) is 6.01 Å². The third-order valence-corrected chi connectivity index (χ3v) is 1.76. The van der Waals surface area contributed by atoms with Crippen molar-refractivity contribution in [3.8, 4) is 6.01 Å². The Morgan fingerprint density at radius 1 is 1.42 bits per heavy atom. The third kappa shape index (κ3) is 1.92. The lowest BCUT2D eigenvalue weighted by Crippen LogP contribution is -2.12. The first-order valence-electron chi connectivity index (χ1n) is 3.81. The third-order valence-electron chi connectivity index (χ3n) is 1.76. The summed E-state index contributed by atoms with van der Waals surface area (Å²) in [6.45, 7) is 2.05. The molecule has 1 atom stereocenters. The molecule has 0 aliphatic carbocycles. The summed E-state index contributed by atoms with van der Waals surface area (Å²) in [4.78, 5) is 7.99. The Morgan fingerprint density at radius 2 is 2.00 bits per heavy atom. The van der Waals surface area contributed by atoms with Crippen molar-refractivity contribution in [2.75, 3.05) is 14.2 Å². The Balaban J connectivity index is 2.77. The summed E-state index contributed by atoms with van der Waals surface area (Å²) in [7, 11) is 3.45. The molecule has 0 aliphatic rings. The summed E-state index contributed by atoms with van der Waals surface area (Å²) >= 11 is 0. The summed E-state index contributed by atoms with van der Waals surface area (Å²) in [6.07, 6.45) is 3.51. The number of aromatic nitrogens is 2. The standard InChI is InChI=1S/C8H13N3O/c1-6(9-2)7-4-10-8(12-3)11-5-7/h4-6,9H,1-3H3. The molecule has 0 saturated carbocycles. The molecule has 0 radical (unpaired) electrons. The number of hydrogen-bond acceptors (Lipinski definition) is 4. The Bertz CT molecular complexity index is 235. The van der Waals surface area contributed by atoms with Crippen LogP contribution in [0.3, 0.4) is 0 Å². The van der Waals surface area contributed by atoms with Gasteiger partial charge in [0.1, 0.15) is 0 Å². The van der Waals surface area contributed by atoms with Crippen molar-refractivity contribution in [2.45, 2.75) is 13.0 Å². The maximum absolute atomic E-state index is 4.84. The molecule has 1 heterocycles. The van der Waals surface area contributed by atoms with Gasteiger partial charge in [0.15, 0.2) is 0 Å². The van der Waals surface area contributed by atoms with Crippen LogP contribution in [0.5, 0.6) is 6.01 Å². The lowest BCUT2D eigenvalue weighted by atomic mass is 10.2. The molecule has 0 amide bonds. The molecule has 0 fully saturated rings. The van der Waals surface area contributed by atoms with Crippen LogP contribution in [0, 0.1) is 0 Å². The average molecular weight is 167 g/mol. The Labute approximate surface area is 72.0 Å². The molecular formula is C8H13N3O. The molecule has 0 bridgehead atoms. The van der Waals surface area contributed by atoms with Gasteiger partial charge in [-0.2, -0.15) is 0 Å². The Hall–Kier alpha value is -1.16. The van der Waals surface area contributed by atoms with Gasteiger partial charge in [0.25, 0.3) is 0 Å². The molecule has 1 N–H and O–H groups in total. The predicted octanol–water partition coefficient (Wildman–Crippen LogP) is 0.766. The minimum atomic E-state index is 0.274. The van der Waals surface area contributed by atoms with Gasteiger partial charge in [-0.15, -0.1) is 0 Å². The normalized spacial score (nSPS) is 12.6. The number of rotatable bonds is 3. The minimum absolute atomic E-state index is 0.274. The van der Waals surface area contributed by atoms with Crippen LogP contribution in [0.2, 0.25) is 0 Å². The molecule has 0 saturated heterocycles. The van der Waals surface area contributed by atoms with E-state index in [2.05, 4.69) is 15.3 Å². The molecular weight excluding hydrogens is 154 g/mol. The molecule has 0 aromatic carbocycles. The fourth-order valence-corrected chi connectivity index (χ4v) is 0.822. The summed E-state index contributed by atoms with van der Waals surface area (Å²) in [6, 6.07) is 0.679. The van der Waals surface area contributed by atoms with Crippen LogP contribution in [0.15, 0.2) is 12.4 Å². The highest BCUT2D eigenvalue weighted by atomic mass is 16.5. The van der Waals surface area contributed by atoms with E-state index in [1.807, 2.05) is 14.0 Å². The summed E-state index contributed by atoms with van der Waals surface area (Å²) < 4.78 is 4.84. The molecule has 1 aromatic rings. The van der Waals surface area contributed by atoms with E-state index in [1.165, 1.54) is 0 Å². The largest absolute Gasteiger partial charge is 0.467 e. The van der Waals surface area contributed by atoms with Crippen LogP contribution < -0.4 is 10.1 Å². The van der Waals surface area contributed by atoms with E-state index >= 15 is 0 Å². The van der Waals surface area contributed by atoms with Gasteiger partial charge in [-0.05, 0) is 14.0 Å². The van der Waals surface area contributed by atoms with Crippen LogP contribution in [0.1, 0.15) is 18.5 Å². The van der Waals surface area contributed by atoms with Gasteiger partial charge in [0.05, 0.1) is 7.11 Å².